The molecule has 0 bridgehead atoms. The topological polar surface area (TPSA) is 41.5 Å². The number of methoxy groups -OCH3 is 1. The molecule has 1 atom stereocenters. The smallest absolute Gasteiger partial charge is 0.0618 e. The number of hydrogen-bond acceptors (Lipinski definition) is 3. The van der Waals surface area contributed by atoms with Crippen LogP contribution in [0.4, 0.5) is 0 Å². The van der Waals surface area contributed by atoms with Gasteiger partial charge in [0.25, 0.3) is 0 Å². The Morgan fingerprint density at radius 3 is 2.62 bits per heavy atom. The summed E-state index contributed by atoms with van der Waals surface area (Å²) in [4.78, 5) is 0. The van der Waals surface area contributed by atoms with Crippen LogP contribution in [0.2, 0.25) is 0 Å². The predicted molar refractivity (Wildman–Crippen MR) is 66.5 cm³/mol. The quantitative estimate of drug-likeness (QED) is 0.633. The van der Waals surface area contributed by atoms with Crippen molar-refractivity contribution in [2.75, 3.05) is 26.9 Å². The van der Waals surface area contributed by atoms with Crippen molar-refractivity contribution >= 4 is 0 Å². The lowest BCUT2D eigenvalue weighted by atomic mass is 9.87. The highest BCUT2D eigenvalue weighted by Crippen LogP contribution is 2.33. The summed E-state index contributed by atoms with van der Waals surface area (Å²) in [7, 11) is 1.77. The van der Waals surface area contributed by atoms with E-state index < -0.39 is 0 Å². The Kier molecular flexibility index (Phi) is 5.73. The lowest BCUT2D eigenvalue weighted by Gasteiger charge is -2.28. The zero-order valence-corrected chi connectivity index (χ0v) is 11.0. The van der Waals surface area contributed by atoms with E-state index in [2.05, 4.69) is 19.2 Å². The molecular weight excluding hydrogens is 202 g/mol. The van der Waals surface area contributed by atoms with E-state index in [1.165, 1.54) is 12.8 Å². The molecular formula is C13H27NO2. The summed E-state index contributed by atoms with van der Waals surface area (Å²) in [6.07, 6.45) is 4.66. The fourth-order valence-electron chi connectivity index (χ4n) is 2.09. The number of nitrogens with one attached hydrogen (secondary N) is 1. The van der Waals surface area contributed by atoms with E-state index in [0.717, 1.165) is 31.9 Å². The van der Waals surface area contributed by atoms with Crippen LogP contribution in [0.15, 0.2) is 0 Å². The molecule has 3 nitrogen and oxygen atoms in total. The molecule has 96 valence electrons. The van der Waals surface area contributed by atoms with Crippen molar-refractivity contribution in [3.05, 3.63) is 0 Å². The van der Waals surface area contributed by atoms with Gasteiger partial charge in [0.15, 0.2) is 0 Å². The molecule has 0 saturated heterocycles. The van der Waals surface area contributed by atoms with Gasteiger partial charge in [0.1, 0.15) is 0 Å². The molecule has 0 aromatic rings. The molecule has 0 radical (unpaired) electrons. The fraction of sp³-hybridized carbons (Fsp3) is 1.00. The molecule has 1 fully saturated rings. The van der Waals surface area contributed by atoms with Gasteiger partial charge in [-0.15, -0.1) is 0 Å². The largest absolute Gasteiger partial charge is 0.396 e. The summed E-state index contributed by atoms with van der Waals surface area (Å²) in [5, 5.41) is 12.5. The van der Waals surface area contributed by atoms with E-state index in [9.17, 15) is 0 Å². The number of rotatable bonds is 9. The van der Waals surface area contributed by atoms with Gasteiger partial charge in [-0.2, -0.15) is 0 Å². The van der Waals surface area contributed by atoms with Gasteiger partial charge >= 0.3 is 0 Å². The molecule has 0 aliphatic heterocycles. The molecule has 1 saturated carbocycles. The minimum atomic E-state index is 0.267. The monoisotopic (exact) mass is 229 g/mol. The Morgan fingerprint density at radius 2 is 2.12 bits per heavy atom. The molecule has 1 unspecified atom stereocenters. The second-order valence-electron chi connectivity index (χ2n) is 5.77. The zero-order valence-electron chi connectivity index (χ0n) is 11.0. The highest BCUT2D eigenvalue weighted by molar-refractivity contribution is 4.87. The predicted octanol–water partition coefficient (Wildman–Crippen LogP) is 1.80. The Bertz CT molecular complexity index is 190. The number of aliphatic hydroxyl groups excluding tert-OH is 1. The fourth-order valence-corrected chi connectivity index (χ4v) is 2.09. The molecule has 16 heavy (non-hydrogen) atoms. The average Bonchev–Trinajstić information content (AvgIpc) is 3.05. The molecule has 0 heterocycles. The van der Waals surface area contributed by atoms with Gasteiger partial charge in [-0.25, -0.2) is 0 Å². The van der Waals surface area contributed by atoms with Crippen LogP contribution < -0.4 is 5.32 Å². The lowest BCUT2D eigenvalue weighted by Crippen LogP contribution is -2.41. The van der Waals surface area contributed by atoms with Gasteiger partial charge in [0.2, 0.25) is 0 Å². The van der Waals surface area contributed by atoms with Gasteiger partial charge in [-0.3, -0.25) is 0 Å². The third-order valence-electron chi connectivity index (χ3n) is 3.39. The van der Waals surface area contributed by atoms with E-state index in [1.807, 2.05) is 0 Å². The van der Waals surface area contributed by atoms with Gasteiger partial charge < -0.3 is 15.2 Å². The van der Waals surface area contributed by atoms with Crippen molar-refractivity contribution in [3.63, 3.8) is 0 Å². The second-order valence-corrected chi connectivity index (χ2v) is 5.77. The minimum Gasteiger partial charge on any atom is -0.396 e. The van der Waals surface area contributed by atoms with Crippen LogP contribution in [0.3, 0.4) is 0 Å². The molecule has 1 aliphatic rings. The van der Waals surface area contributed by atoms with Gasteiger partial charge in [-0.1, -0.05) is 13.8 Å². The maximum atomic E-state index is 8.85. The maximum Gasteiger partial charge on any atom is 0.0618 e. The summed E-state index contributed by atoms with van der Waals surface area (Å²) < 4.78 is 5.25. The molecule has 0 aromatic carbocycles. The molecule has 1 aliphatic carbocycles. The van der Waals surface area contributed by atoms with Crippen molar-refractivity contribution in [2.45, 2.75) is 45.6 Å². The van der Waals surface area contributed by atoms with E-state index in [0.29, 0.717) is 12.6 Å². The summed E-state index contributed by atoms with van der Waals surface area (Å²) in [6, 6.07) is 0.526. The first-order valence-electron chi connectivity index (χ1n) is 6.42. The molecule has 2 N–H and O–H groups in total. The van der Waals surface area contributed by atoms with Crippen molar-refractivity contribution in [1.29, 1.82) is 0 Å². The zero-order chi connectivity index (χ0) is 12.0. The van der Waals surface area contributed by atoms with Crippen LogP contribution in [-0.2, 0) is 4.74 Å². The Morgan fingerprint density at radius 1 is 1.44 bits per heavy atom. The molecule has 3 heteroatoms. The van der Waals surface area contributed by atoms with Gasteiger partial charge in [-0.05, 0) is 37.0 Å². The first-order valence-corrected chi connectivity index (χ1v) is 6.42. The lowest BCUT2D eigenvalue weighted by molar-refractivity contribution is 0.147. The van der Waals surface area contributed by atoms with E-state index >= 15 is 0 Å². The normalized spacial score (nSPS) is 18.8. The summed E-state index contributed by atoms with van der Waals surface area (Å²) >= 11 is 0. The maximum absolute atomic E-state index is 8.85. The minimum absolute atomic E-state index is 0.267. The second kappa shape index (κ2) is 6.58. The average molecular weight is 229 g/mol. The van der Waals surface area contributed by atoms with Gasteiger partial charge in [0.05, 0.1) is 6.61 Å². The highest BCUT2D eigenvalue weighted by Gasteiger charge is 2.31. The van der Waals surface area contributed by atoms with Crippen LogP contribution >= 0.6 is 0 Å². The van der Waals surface area contributed by atoms with Crippen LogP contribution in [0.5, 0.6) is 0 Å². The SMILES string of the molecule is COCC(NCC(C)(C)CCCO)C1CC1. The summed E-state index contributed by atoms with van der Waals surface area (Å²) in [5.41, 5.74) is 0.267. The number of aliphatic hydroxyl groups is 1. The third kappa shape index (κ3) is 5.28. The van der Waals surface area contributed by atoms with Crippen LogP contribution in [0, 0.1) is 11.3 Å². The van der Waals surface area contributed by atoms with Crippen LogP contribution in [-0.4, -0.2) is 38.0 Å². The van der Waals surface area contributed by atoms with Crippen LogP contribution in [0.25, 0.3) is 0 Å². The molecule has 0 amide bonds. The highest BCUT2D eigenvalue weighted by atomic mass is 16.5. The molecule has 0 aromatic heterocycles. The number of hydrogen-bond donors (Lipinski definition) is 2. The Hall–Kier alpha value is -0.120. The molecule has 0 spiro atoms. The van der Waals surface area contributed by atoms with E-state index in [1.54, 1.807) is 7.11 Å². The first kappa shape index (κ1) is 13.9. The van der Waals surface area contributed by atoms with Crippen molar-refractivity contribution in [3.8, 4) is 0 Å². The van der Waals surface area contributed by atoms with Gasteiger partial charge in [0, 0.05) is 26.3 Å². The molecule has 1 rings (SSSR count). The number of ether oxygens (including phenoxy) is 1. The standard InChI is InChI=1S/C13H27NO2/c1-13(2,7-4-8-15)10-14-12(9-16-3)11-5-6-11/h11-12,14-15H,4-10H2,1-3H3. The third-order valence-corrected chi connectivity index (χ3v) is 3.39. The Balaban J connectivity index is 2.23. The van der Waals surface area contributed by atoms with Crippen LogP contribution in [0.1, 0.15) is 39.5 Å². The van der Waals surface area contributed by atoms with E-state index in [-0.39, 0.29) is 5.41 Å². The summed E-state index contributed by atoms with van der Waals surface area (Å²) in [6.45, 7) is 6.64. The van der Waals surface area contributed by atoms with Crippen molar-refractivity contribution in [2.24, 2.45) is 11.3 Å². The van der Waals surface area contributed by atoms with Crippen molar-refractivity contribution in [1.82, 2.24) is 5.32 Å². The van der Waals surface area contributed by atoms with Crippen molar-refractivity contribution < 1.29 is 9.84 Å². The Labute approximate surface area is 99.6 Å². The first-order chi connectivity index (χ1) is 7.59. The summed E-state index contributed by atoms with van der Waals surface area (Å²) in [5.74, 6) is 0.827. The van der Waals surface area contributed by atoms with E-state index in [4.69, 9.17) is 9.84 Å².